The zero-order valence-electron chi connectivity index (χ0n) is 28.7. The number of hydrogen-bond acceptors (Lipinski definition) is 11. The van der Waals surface area contributed by atoms with Gasteiger partial charge < -0.3 is 19.3 Å². The first-order chi connectivity index (χ1) is 25.2. The fraction of sp³-hybridized carbons (Fsp3) is 0.325. The molecule has 2 saturated heterocycles. The molecule has 2 fully saturated rings. The minimum absolute atomic E-state index is 0.199. The molecule has 4 aromatic carbocycles. The van der Waals surface area contributed by atoms with Crippen LogP contribution in [0.25, 0.3) is 0 Å². The Labute approximate surface area is 308 Å². The molecule has 0 unspecified atom stereocenters. The molecular formula is C40H42N6O3S2. The summed E-state index contributed by atoms with van der Waals surface area (Å²) < 4.78 is 11.4. The Morgan fingerprint density at radius 3 is 1.57 bits per heavy atom. The molecule has 0 N–H and O–H groups in total. The number of carbonyl (C=O) groups excluding carboxylic acids is 1. The minimum atomic E-state index is -0.199. The van der Waals surface area contributed by atoms with Gasteiger partial charge in [-0.1, -0.05) is 84.2 Å². The van der Waals surface area contributed by atoms with Gasteiger partial charge in [0, 0.05) is 89.6 Å². The summed E-state index contributed by atoms with van der Waals surface area (Å²) >= 11 is 3.56. The van der Waals surface area contributed by atoms with Crippen molar-refractivity contribution < 1.29 is 14.3 Å². The lowest BCUT2D eigenvalue weighted by molar-refractivity contribution is -0.146. The summed E-state index contributed by atoms with van der Waals surface area (Å²) in [6, 6.07) is 33.8. The molecule has 4 heterocycles. The predicted molar refractivity (Wildman–Crippen MR) is 204 cm³/mol. The van der Waals surface area contributed by atoms with Crippen LogP contribution in [0.15, 0.2) is 127 Å². The molecule has 0 bridgehead atoms. The van der Waals surface area contributed by atoms with Gasteiger partial charge in [-0.15, -0.1) is 0 Å². The molecule has 0 aromatic heterocycles. The van der Waals surface area contributed by atoms with Crippen LogP contribution in [0.1, 0.15) is 11.1 Å². The van der Waals surface area contributed by atoms with Gasteiger partial charge in [-0.05, 0) is 36.4 Å². The van der Waals surface area contributed by atoms with E-state index in [0.717, 1.165) is 87.5 Å². The number of carbonyl (C=O) groups is 1. The average Bonchev–Trinajstić information content (AvgIpc) is 3.45. The third kappa shape index (κ3) is 8.03. The van der Waals surface area contributed by atoms with E-state index in [1.165, 1.54) is 25.1 Å². The highest BCUT2D eigenvalue weighted by Gasteiger charge is 2.27. The number of para-hydroxylation sites is 2. The summed E-state index contributed by atoms with van der Waals surface area (Å²) in [5.74, 6) is 1.87. The van der Waals surface area contributed by atoms with Crippen molar-refractivity contribution in [2.75, 3.05) is 85.3 Å². The number of nitrogens with zero attached hydrogens (tertiary/aromatic N) is 6. The smallest absolute Gasteiger partial charge is 0.320 e. The van der Waals surface area contributed by atoms with E-state index in [9.17, 15) is 4.79 Å². The van der Waals surface area contributed by atoms with Gasteiger partial charge in [0.15, 0.2) is 0 Å². The Morgan fingerprint density at radius 2 is 1.02 bits per heavy atom. The maximum Gasteiger partial charge on any atom is 0.320 e. The highest BCUT2D eigenvalue weighted by atomic mass is 32.2. The molecule has 0 aliphatic carbocycles. The van der Waals surface area contributed by atoms with Crippen LogP contribution >= 0.6 is 23.5 Å². The Morgan fingerprint density at radius 1 is 0.549 bits per heavy atom. The standard InChI is InChI=1S/C40H42N6O3S2/c47-38(29-44-19-23-46(24-20-44)40-31-10-2-6-14-35(31)51-37-16-8-4-12-33(37)42-40)49-28-27-48-26-25-43-17-21-45(22-18-43)39-30-9-1-5-13-34(30)50-36-15-7-3-11-32(36)41-39/h1-16H,17-29H2. The molecule has 51 heavy (non-hydrogen) atoms. The second kappa shape index (κ2) is 16.0. The molecule has 262 valence electrons. The number of esters is 1. The van der Waals surface area contributed by atoms with Crippen molar-refractivity contribution in [2.45, 2.75) is 19.6 Å². The molecule has 0 radical (unpaired) electrons. The third-order valence-electron chi connectivity index (χ3n) is 9.62. The van der Waals surface area contributed by atoms with E-state index in [-0.39, 0.29) is 12.6 Å². The van der Waals surface area contributed by atoms with E-state index in [1.54, 1.807) is 23.5 Å². The molecule has 11 heteroatoms. The maximum atomic E-state index is 12.7. The molecule has 0 amide bonds. The van der Waals surface area contributed by atoms with Crippen molar-refractivity contribution in [3.8, 4) is 0 Å². The largest absolute Gasteiger partial charge is 0.462 e. The van der Waals surface area contributed by atoms with E-state index in [0.29, 0.717) is 19.8 Å². The van der Waals surface area contributed by atoms with Crippen molar-refractivity contribution in [3.05, 3.63) is 108 Å². The first-order valence-electron chi connectivity index (χ1n) is 17.8. The Bertz CT molecular complexity index is 1920. The third-order valence-corrected chi connectivity index (χ3v) is 11.9. The summed E-state index contributed by atoms with van der Waals surface area (Å²) in [5, 5.41) is 0. The van der Waals surface area contributed by atoms with Crippen molar-refractivity contribution in [3.63, 3.8) is 0 Å². The summed E-state index contributed by atoms with van der Waals surface area (Å²) in [6.07, 6.45) is 0. The summed E-state index contributed by atoms with van der Waals surface area (Å²) in [5.41, 5.74) is 4.40. The fourth-order valence-corrected chi connectivity index (χ4v) is 8.89. The molecule has 8 rings (SSSR count). The SMILES string of the molecule is O=C(CN1CCN(C2=Nc3ccccc3Sc3ccccc32)CC1)OCCOCCN1CCN(C2=Nc3ccccc3Sc3ccccc32)CC1. The molecule has 0 atom stereocenters. The zero-order chi connectivity index (χ0) is 34.4. The number of piperazine rings is 2. The van der Waals surface area contributed by atoms with Crippen LogP contribution in [0.2, 0.25) is 0 Å². The van der Waals surface area contributed by atoms with Crippen molar-refractivity contribution in [1.29, 1.82) is 0 Å². The van der Waals surface area contributed by atoms with Gasteiger partial charge in [0.25, 0.3) is 0 Å². The predicted octanol–water partition coefficient (Wildman–Crippen LogP) is 6.27. The van der Waals surface area contributed by atoms with Crippen molar-refractivity contribution in [1.82, 2.24) is 19.6 Å². The lowest BCUT2D eigenvalue weighted by atomic mass is 10.1. The molecule has 0 spiro atoms. The average molecular weight is 719 g/mol. The van der Waals surface area contributed by atoms with Gasteiger partial charge in [-0.2, -0.15) is 0 Å². The first-order valence-corrected chi connectivity index (χ1v) is 19.4. The van der Waals surface area contributed by atoms with Gasteiger partial charge in [-0.25, -0.2) is 9.98 Å². The monoisotopic (exact) mass is 718 g/mol. The van der Waals surface area contributed by atoms with Crippen LogP contribution in [0.4, 0.5) is 11.4 Å². The van der Waals surface area contributed by atoms with Crippen LogP contribution in [-0.4, -0.2) is 123 Å². The summed E-state index contributed by atoms with van der Waals surface area (Å²) in [7, 11) is 0. The lowest BCUT2D eigenvalue weighted by Crippen LogP contribution is -2.50. The summed E-state index contributed by atoms with van der Waals surface area (Å²) in [6.45, 7) is 9.35. The van der Waals surface area contributed by atoms with Crippen LogP contribution in [0.5, 0.6) is 0 Å². The minimum Gasteiger partial charge on any atom is -0.462 e. The molecule has 4 aliphatic rings. The van der Waals surface area contributed by atoms with Gasteiger partial charge in [-0.3, -0.25) is 14.6 Å². The number of amidine groups is 2. The Kier molecular flexibility index (Phi) is 10.7. The molecule has 9 nitrogen and oxygen atoms in total. The highest BCUT2D eigenvalue weighted by Crippen LogP contribution is 2.41. The zero-order valence-corrected chi connectivity index (χ0v) is 30.3. The summed E-state index contributed by atoms with van der Waals surface area (Å²) in [4.78, 5) is 37.1. The Balaban J connectivity index is 0.741. The highest BCUT2D eigenvalue weighted by molar-refractivity contribution is 7.99. The van der Waals surface area contributed by atoms with E-state index in [2.05, 4.69) is 111 Å². The molecule has 0 saturated carbocycles. The van der Waals surface area contributed by atoms with E-state index in [4.69, 9.17) is 19.5 Å². The molecular weight excluding hydrogens is 677 g/mol. The number of hydrogen-bond donors (Lipinski definition) is 0. The number of fused-ring (bicyclic) bond motifs is 4. The fourth-order valence-electron chi connectivity index (χ4n) is 6.86. The van der Waals surface area contributed by atoms with Crippen molar-refractivity contribution >= 4 is 52.5 Å². The second-order valence-electron chi connectivity index (χ2n) is 12.9. The van der Waals surface area contributed by atoms with E-state index < -0.39 is 0 Å². The second-order valence-corrected chi connectivity index (χ2v) is 15.1. The normalized spacial score (nSPS) is 17.6. The van der Waals surface area contributed by atoms with Crippen LogP contribution in [0, 0.1) is 0 Å². The van der Waals surface area contributed by atoms with E-state index in [1.807, 2.05) is 6.07 Å². The number of ether oxygens (including phenoxy) is 2. The number of aliphatic imine (C=N–C) groups is 2. The number of benzene rings is 4. The lowest BCUT2D eigenvalue weighted by Gasteiger charge is -2.36. The molecule has 4 aliphatic heterocycles. The topological polar surface area (TPSA) is 73.2 Å². The van der Waals surface area contributed by atoms with Crippen LogP contribution < -0.4 is 0 Å². The van der Waals surface area contributed by atoms with Crippen LogP contribution in [0.3, 0.4) is 0 Å². The maximum absolute atomic E-state index is 12.7. The van der Waals surface area contributed by atoms with Crippen molar-refractivity contribution in [2.24, 2.45) is 9.98 Å². The number of rotatable bonds is 8. The van der Waals surface area contributed by atoms with E-state index >= 15 is 0 Å². The molecule has 4 aromatic rings. The van der Waals surface area contributed by atoms with Gasteiger partial charge in [0.2, 0.25) is 0 Å². The van der Waals surface area contributed by atoms with Crippen LogP contribution in [-0.2, 0) is 14.3 Å². The first kappa shape index (κ1) is 34.0. The quantitative estimate of drug-likeness (QED) is 0.155. The van der Waals surface area contributed by atoms with Gasteiger partial charge in [0.1, 0.15) is 18.3 Å². The Hall–Kier alpha value is -4.13. The van der Waals surface area contributed by atoms with Gasteiger partial charge >= 0.3 is 5.97 Å². The van der Waals surface area contributed by atoms with Gasteiger partial charge in [0.05, 0.1) is 31.1 Å².